The fourth-order valence-electron chi connectivity index (χ4n) is 2.05. The highest BCUT2D eigenvalue weighted by molar-refractivity contribution is 5.62. The molecule has 0 bridgehead atoms. The van der Waals surface area contributed by atoms with Crippen LogP contribution in [0.3, 0.4) is 0 Å². The van der Waals surface area contributed by atoms with E-state index in [1.165, 1.54) is 37.8 Å². The summed E-state index contributed by atoms with van der Waals surface area (Å²) in [4.78, 5) is 4.46. The first-order valence-electron chi connectivity index (χ1n) is 4.62. The monoisotopic (exact) mass is 149 g/mol. The van der Waals surface area contributed by atoms with Gasteiger partial charge in [0.2, 0.25) is 0 Å². The minimum Gasteiger partial charge on any atom is -0.266 e. The van der Waals surface area contributed by atoms with Crippen LogP contribution in [0.15, 0.2) is 16.3 Å². The van der Waals surface area contributed by atoms with Crippen LogP contribution < -0.4 is 0 Å². The number of aliphatic imine (C=N–C) groups is 1. The molecular formula is C10H15N. The zero-order valence-corrected chi connectivity index (χ0v) is 7.14. The van der Waals surface area contributed by atoms with Crippen LogP contribution in [0.5, 0.6) is 0 Å². The quantitative estimate of drug-likeness (QED) is 0.502. The minimum absolute atomic E-state index is 0.780. The Labute approximate surface area is 68.2 Å². The number of hydrogen-bond acceptors (Lipinski definition) is 1. The topological polar surface area (TPSA) is 12.4 Å². The van der Waals surface area contributed by atoms with Crippen LogP contribution >= 0.6 is 0 Å². The first-order valence-corrected chi connectivity index (χ1v) is 4.62. The van der Waals surface area contributed by atoms with Crippen molar-refractivity contribution in [3.63, 3.8) is 0 Å². The van der Waals surface area contributed by atoms with Gasteiger partial charge in [-0.2, -0.15) is 0 Å². The minimum atomic E-state index is 0.780. The summed E-state index contributed by atoms with van der Waals surface area (Å²) in [6.45, 7) is 2.33. The molecule has 1 aliphatic carbocycles. The molecule has 0 aromatic rings. The molecule has 0 saturated carbocycles. The SMILES string of the molecule is CC1CC=NC2=C1CCCC2. The second-order valence-corrected chi connectivity index (χ2v) is 3.63. The average Bonchev–Trinajstić information content (AvgIpc) is 2.06. The maximum absolute atomic E-state index is 4.46. The highest BCUT2D eigenvalue weighted by Gasteiger charge is 2.19. The Bertz CT molecular complexity index is 213. The lowest BCUT2D eigenvalue weighted by molar-refractivity contribution is 0.569. The second kappa shape index (κ2) is 2.80. The van der Waals surface area contributed by atoms with Crippen molar-refractivity contribution in [3.8, 4) is 0 Å². The van der Waals surface area contributed by atoms with Gasteiger partial charge in [-0.25, -0.2) is 0 Å². The number of hydrogen-bond donors (Lipinski definition) is 0. The van der Waals surface area contributed by atoms with Crippen molar-refractivity contribution in [2.24, 2.45) is 10.9 Å². The maximum Gasteiger partial charge on any atom is 0.0394 e. The number of nitrogens with zero attached hydrogens (tertiary/aromatic N) is 1. The fraction of sp³-hybridized carbons (Fsp3) is 0.700. The largest absolute Gasteiger partial charge is 0.266 e. The average molecular weight is 149 g/mol. The van der Waals surface area contributed by atoms with Crippen LogP contribution in [-0.2, 0) is 0 Å². The van der Waals surface area contributed by atoms with Crippen molar-refractivity contribution < 1.29 is 0 Å². The van der Waals surface area contributed by atoms with E-state index in [-0.39, 0.29) is 0 Å². The van der Waals surface area contributed by atoms with Crippen molar-refractivity contribution in [2.75, 3.05) is 0 Å². The van der Waals surface area contributed by atoms with Crippen LogP contribution in [0.1, 0.15) is 39.0 Å². The lowest BCUT2D eigenvalue weighted by atomic mass is 9.85. The Morgan fingerprint density at radius 3 is 3.00 bits per heavy atom. The molecule has 0 aromatic carbocycles. The Morgan fingerprint density at radius 1 is 1.36 bits per heavy atom. The van der Waals surface area contributed by atoms with E-state index in [9.17, 15) is 0 Å². The Balaban J connectivity index is 2.27. The molecule has 0 fully saturated rings. The molecule has 0 saturated heterocycles. The van der Waals surface area contributed by atoms with Gasteiger partial charge in [-0.15, -0.1) is 0 Å². The van der Waals surface area contributed by atoms with E-state index < -0.39 is 0 Å². The number of rotatable bonds is 0. The summed E-state index contributed by atoms with van der Waals surface area (Å²) in [5, 5.41) is 0. The summed E-state index contributed by atoms with van der Waals surface area (Å²) >= 11 is 0. The van der Waals surface area contributed by atoms with Gasteiger partial charge in [0.1, 0.15) is 0 Å². The molecule has 1 heterocycles. The molecule has 0 aromatic heterocycles. The fourth-order valence-corrected chi connectivity index (χ4v) is 2.05. The molecule has 1 aliphatic heterocycles. The maximum atomic E-state index is 4.46. The van der Waals surface area contributed by atoms with Gasteiger partial charge < -0.3 is 0 Å². The molecule has 1 heteroatoms. The first kappa shape index (κ1) is 7.08. The van der Waals surface area contributed by atoms with Crippen LogP contribution in [0.2, 0.25) is 0 Å². The highest BCUT2D eigenvalue weighted by Crippen LogP contribution is 2.33. The van der Waals surface area contributed by atoms with Gasteiger partial charge in [-0.3, -0.25) is 4.99 Å². The van der Waals surface area contributed by atoms with E-state index in [0.717, 1.165) is 5.92 Å². The van der Waals surface area contributed by atoms with E-state index in [1.54, 1.807) is 5.57 Å². The van der Waals surface area contributed by atoms with Gasteiger partial charge in [0.25, 0.3) is 0 Å². The van der Waals surface area contributed by atoms with Gasteiger partial charge in [0, 0.05) is 11.9 Å². The first-order chi connectivity index (χ1) is 5.38. The molecule has 0 N–H and O–H groups in total. The Kier molecular flexibility index (Phi) is 1.80. The van der Waals surface area contributed by atoms with Crippen LogP contribution in [0, 0.1) is 5.92 Å². The zero-order chi connectivity index (χ0) is 7.68. The Hall–Kier alpha value is -0.590. The third kappa shape index (κ3) is 1.24. The summed E-state index contributed by atoms with van der Waals surface area (Å²) in [5.41, 5.74) is 3.06. The Morgan fingerprint density at radius 2 is 2.18 bits per heavy atom. The van der Waals surface area contributed by atoms with Crippen molar-refractivity contribution in [1.29, 1.82) is 0 Å². The van der Waals surface area contributed by atoms with Crippen LogP contribution in [0.25, 0.3) is 0 Å². The summed E-state index contributed by atoms with van der Waals surface area (Å²) in [7, 11) is 0. The summed E-state index contributed by atoms with van der Waals surface area (Å²) in [6, 6.07) is 0. The van der Waals surface area contributed by atoms with E-state index in [1.807, 2.05) is 0 Å². The van der Waals surface area contributed by atoms with E-state index in [0.29, 0.717) is 0 Å². The van der Waals surface area contributed by atoms with Crippen molar-refractivity contribution in [3.05, 3.63) is 11.3 Å². The second-order valence-electron chi connectivity index (χ2n) is 3.63. The molecule has 0 radical (unpaired) electrons. The van der Waals surface area contributed by atoms with Gasteiger partial charge in [-0.05, 0) is 43.6 Å². The lowest BCUT2D eigenvalue weighted by Crippen LogP contribution is -2.11. The van der Waals surface area contributed by atoms with E-state index in [4.69, 9.17) is 0 Å². The molecule has 1 atom stereocenters. The van der Waals surface area contributed by atoms with Gasteiger partial charge >= 0.3 is 0 Å². The highest BCUT2D eigenvalue weighted by atomic mass is 14.8. The molecule has 2 rings (SSSR count). The molecule has 1 unspecified atom stereocenters. The molecule has 2 aliphatic rings. The van der Waals surface area contributed by atoms with Crippen LogP contribution in [-0.4, -0.2) is 6.21 Å². The predicted molar refractivity (Wildman–Crippen MR) is 47.8 cm³/mol. The third-order valence-electron chi connectivity index (χ3n) is 2.78. The number of allylic oxidation sites excluding steroid dienone is 2. The van der Waals surface area contributed by atoms with E-state index in [2.05, 4.69) is 18.1 Å². The molecule has 60 valence electrons. The standard InChI is InChI=1S/C10H15N/c1-8-6-7-11-10-5-3-2-4-9(8)10/h7-8H,2-6H2,1H3. The van der Waals surface area contributed by atoms with Gasteiger partial charge in [-0.1, -0.05) is 6.92 Å². The third-order valence-corrected chi connectivity index (χ3v) is 2.78. The molecule has 1 nitrogen and oxygen atoms in total. The van der Waals surface area contributed by atoms with Crippen molar-refractivity contribution in [2.45, 2.75) is 39.0 Å². The molecule has 0 amide bonds. The molecular weight excluding hydrogens is 134 g/mol. The van der Waals surface area contributed by atoms with Crippen LogP contribution in [0.4, 0.5) is 0 Å². The lowest BCUT2D eigenvalue weighted by Gasteiger charge is -2.24. The summed E-state index contributed by atoms with van der Waals surface area (Å²) in [5.74, 6) is 0.780. The van der Waals surface area contributed by atoms with Crippen molar-refractivity contribution >= 4 is 6.21 Å². The van der Waals surface area contributed by atoms with Gasteiger partial charge in [0.15, 0.2) is 0 Å². The van der Waals surface area contributed by atoms with Crippen molar-refractivity contribution in [1.82, 2.24) is 0 Å². The van der Waals surface area contributed by atoms with Gasteiger partial charge in [0.05, 0.1) is 0 Å². The zero-order valence-electron chi connectivity index (χ0n) is 7.14. The smallest absolute Gasteiger partial charge is 0.0394 e. The predicted octanol–water partition coefficient (Wildman–Crippen LogP) is 2.93. The normalized spacial score (nSPS) is 30.5. The molecule has 11 heavy (non-hydrogen) atoms. The van der Waals surface area contributed by atoms with E-state index >= 15 is 0 Å². The summed E-state index contributed by atoms with van der Waals surface area (Å²) < 4.78 is 0. The molecule has 0 spiro atoms. The summed E-state index contributed by atoms with van der Waals surface area (Å²) in [6.07, 6.45) is 8.54.